The molecule has 300 valence electrons. The van der Waals surface area contributed by atoms with Crippen molar-refractivity contribution in [2.75, 3.05) is 18.5 Å². The van der Waals surface area contributed by atoms with Crippen molar-refractivity contribution in [2.45, 2.75) is 95.2 Å². The number of aliphatic hydroxyl groups excluding tert-OH is 1. The van der Waals surface area contributed by atoms with E-state index in [1.807, 2.05) is 25.1 Å². The van der Waals surface area contributed by atoms with Crippen LogP contribution in [-0.2, 0) is 39.9 Å². The normalized spacial score (nSPS) is 33.9. The van der Waals surface area contributed by atoms with Crippen molar-refractivity contribution in [3.8, 4) is 0 Å². The molecule has 0 bridgehead atoms. The van der Waals surface area contributed by atoms with Crippen LogP contribution >= 0.6 is 0 Å². The summed E-state index contributed by atoms with van der Waals surface area (Å²) in [6.45, 7) is 6.10. The third-order valence-electron chi connectivity index (χ3n) is 13.5. The predicted molar refractivity (Wildman–Crippen MR) is 206 cm³/mol. The summed E-state index contributed by atoms with van der Waals surface area (Å²) >= 11 is 0. The second-order valence-corrected chi connectivity index (χ2v) is 17.1. The number of nitrogens with two attached hydrogens (primary N) is 1. The van der Waals surface area contributed by atoms with Gasteiger partial charge in [0.1, 0.15) is 6.61 Å². The second-order valence-electron chi connectivity index (χ2n) is 17.1. The Bertz CT molecular complexity index is 2220. The van der Waals surface area contributed by atoms with Crippen LogP contribution in [0.15, 0.2) is 84.7 Å². The van der Waals surface area contributed by atoms with E-state index in [1.54, 1.807) is 69.6 Å². The van der Waals surface area contributed by atoms with E-state index < -0.39 is 76.4 Å². The molecule has 0 radical (unpaired) electrons. The Hall–Kier alpha value is -4.82. The lowest BCUT2D eigenvalue weighted by molar-refractivity contribution is -0.246. The Kier molecular flexibility index (Phi) is 9.54. The molecule has 1 aromatic heterocycles. The number of amides is 1. The fraction of sp³-hybridized carbons (Fsp3) is 0.477. The molecule has 2 aromatic carbocycles. The Morgan fingerprint density at radius 3 is 2.67 bits per heavy atom. The number of alkyl halides is 1. The molecule has 9 atom stereocenters. The maximum atomic E-state index is 17.7. The van der Waals surface area contributed by atoms with Gasteiger partial charge in [-0.25, -0.2) is 9.18 Å². The number of ether oxygens (including phenoxy) is 4. The average molecular weight is 782 g/mol. The van der Waals surface area contributed by atoms with Gasteiger partial charge in [0.25, 0.3) is 0 Å². The molecule has 3 saturated carbocycles. The van der Waals surface area contributed by atoms with E-state index in [9.17, 15) is 24.3 Å². The number of benzene rings is 2. The van der Waals surface area contributed by atoms with Crippen LogP contribution < -0.4 is 11.1 Å². The second kappa shape index (κ2) is 13.9. The van der Waals surface area contributed by atoms with Crippen LogP contribution in [0.5, 0.6) is 0 Å². The molecule has 1 amide bonds. The topological polar surface area (TPSA) is 176 Å². The number of nitrogens with zero attached hydrogens (tertiary/aromatic N) is 1. The van der Waals surface area contributed by atoms with Gasteiger partial charge in [-0.1, -0.05) is 48.9 Å². The molecule has 3 aromatic rings. The molecule has 13 heteroatoms. The fourth-order valence-electron chi connectivity index (χ4n) is 10.9. The van der Waals surface area contributed by atoms with Gasteiger partial charge in [0.05, 0.1) is 18.1 Å². The first-order chi connectivity index (χ1) is 27.0. The summed E-state index contributed by atoms with van der Waals surface area (Å²) in [5.41, 5.74) is 2.50. The third kappa shape index (κ3) is 6.12. The van der Waals surface area contributed by atoms with Crippen LogP contribution in [0, 0.1) is 22.7 Å². The van der Waals surface area contributed by atoms with Gasteiger partial charge in [-0.15, -0.1) is 0 Å². The van der Waals surface area contributed by atoms with E-state index in [4.69, 9.17) is 24.7 Å². The number of rotatable bonds is 9. The molecule has 1 aliphatic heterocycles. The number of fused-ring (bicyclic) bond motifs is 8. The van der Waals surface area contributed by atoms with Crippen molar-refractivity contribution in [3.05, 3.63) is 95.9 Å². The van der Waals surface area contributed by atoms with Crippen molar-refractivity contribution in [2.24, 2.45) is 28.4 Å². The summed E-state index contributed by atoms with van der Waals surface area (Å²) in [5.74, 6) is -4.03. The Morgan fingerprint density at radius 2 is 1.88 bits per heavy atom. The van der Waals surface area contributed by atoms with E-state index in [0.717, 1.165) is 10.8 Å². The van der Waals surface area contributed by atoms with Crippen LogP contribution in [-0.4, -0.2) is 76.1 Å². The van der Waals surface area contributed by atoms with Crippen LogP contribution in [0.3, 0.4) is 0 Å². The van der Waals surface area contributed by atoms with Crippen molar-refractivity contribution in [1.82, 2.24) is 4.98 Å². The number of ketones is 2. The van der Waals surface area contributed by atoms with E-state index in [0.29, 0.717) is 41.6 Å². The minimum atomic E-state index is -2.10. The molecule has 4 N–H and O–H groups in total. The first-order valence-corrected chi connectivity index (χ1v) is 19.5. The number of halogens is 1. The van der Waals surface area contributed by atoms with Gasteiger partial charge in [-0.05, 0) is 99.2 Å². The number of carbonyl (C=O) groups is 4. The molecular formula is C44H48FN3O9. The van der Waals surface area contributed by atoms with Crippen molar-refractivity contribution in [3.63, 3.8) is 0 Å². The van der Waals surface area contributed by atoms with E-state index in [-0.39, 0.29) is 31.3 Å². The first kappa shape index (κ1) is 39.0. The van der Waals surface area contributed by atoms with Gasteiger partial charge in [-0.3, -0.25) is 19.4 Å². The number of allylic oxidation sites excluding steroid dienone is 4. The van der Waals surface area contributed by atoms with E-state index in [2.05, 4.69) is 10.3 Å². The fourth-order valence-corrected chi connectivity index (χ4v) is 10.9. The van der Waals surface area contributed by atoms with Crippen molar-refractivity contribution in [1.29, 1.82) is 0 Å². The zero-order valence-corrected chi connectivity index (χ0v) is 32.5. The first-order valence-electron chi connectivity index (χ1n) is 19.5. The molecule has 4 fully saturated rings. The number of aliphatic hydroxyl groups is 1. The Labute approximate surface area is 330 Å². The molecule has 0 spiro atoms. The minimum absolute atomic E-state index is 0.0302. The lowest BCUT2D eigenvalue weighted by Crippen LogP contribution is -2.70. The molecule has 2 heterocycles. The third-order valence-corrected chi connectivity index (χ3v) is 13.5. The highest BCUT2D eigenvalue weighted by Gasteiger charge is 2.80. The van der Waals surface area contributed by atoms with Crippen LogP contribution in [0.2, 0.25) is 0 Å². The Balaban J connectivity index is 0.940. The molecule has 57 heavy (non-hydrogen) atoms. The quantitative estimate of drug-likeness (QED) is 0.217. The lowest BCUT2D eigenvalue weighted by Gasteiger charge is -2.62. The maximum Gasteiger partial charge on any atom is 0.509 e. The summed E-state index contributed by atoms with van der Waals surface area (Å²) < 4.78 is 41.4. The molecule has 12 nitrogen and oxygen atoms in total. The smallest absolute Gasteiger partial charge is 0.429 e. The summed E-state index contributed by atoms with van der Waals surface area (Å²) in [4.78, 5) is 57.1. The molecule has 4 aliphatic carbocycles. The molecule has 1 saturated heterocycles. The molecule has 5 aliphatic rings. The van der Waals surface area contributed by atoms with Gasteiger partial charge >= 0.3 is 6.16 Å². The van der Waals surface area contributed by atoms with Crippen LogP contribution in [0.4, 0.5) is 14.9 Å². The highest BCUT2D eigenvalue weighted by atomic mass is 19.1. The number of hydrogen-bond acceptors (Lipinski definition) is 11. The van der Waals surface area contributed by atoms with Crippen molar-refractivity contribution < 1.29 is 47.6 Å². The minimum Gasteiger partial charge on any atom is -0.429 e. The number of anilines is 1. The monoisotopic (exact) mass is 781 g/mol. The van der Waals surface area contributed by atoms with Gasteiger partial charge < -0.3 is 35.1 Å². The largest absolute Gasteiger partial charge is 0.509 e. The van der Waals surface area contributed by atoms with Crippen LogP contribution in [0.25, 0.3) is 10.8 Å². The van der Waals surface area contributed by atoms with E-state index in [1.165, 1.54) is 12.2 Å². The average Bonchev–Trinajstić information content (AvgIpc) is 3.59. The highest BCUT2D eigenvalue weighted by Crippen LogP contribution is 2.72. The zero-order valence-electron chi connectivity index (χ0n) is 32.5. The van der Waals surface area contributed by atoms with Crippen molar-refractivity contribution >= 4 is 40.1 Å². The highest BCUT2D eigenvalue weighted by molar-refractivity contribution is 6.01. The Morgan fingerprint density at radius 1 is 1.07 bits per heavy atom. The predicted octanol–water partition coefficient (Wildman–Crippen LogP) is 6.01. The number of nitrogens with one attached hydrogen (secondary N) is 1. The number of hydrogen-bond donors (Lipinski definition) is 3. The molecular weight excluding hydrogens is 733 g/mol. The molecule has 0 unspecified atom stereocenters. The molecule has 8 rings (SSSR count). The number of pyridine rings is 1. The van der Waals surface area contributed by atoms with Gasteiger partial charge in [0.15, 0.2) is 29.4 Å². The standard InChI is InChI=1S/C44H48FN3O9/c1-40(2)56-37-19-34-33-11-9-29-18-31(49)12-14-41(29,3)43(33,45)35(50)20-42(34,4)44(37,57-40)36(51)24-55-39(53)54-23-25-6-5-7-27(16-25)32(21-46)38(52)48-30-10-8-28-22-47-15-13-26(28)17-30/h5-8,10,12-18,22,32-35,37,50H,9,11,19-21,23-24,46H2,1-4H3,(H,48,52)/t32-,33+,34+,35+,37-,41+,42+,43+,44-/m1/s1. The summed E-state index contributed by atoms with van der Waals surface area (Å²) in [5, 5.41) is 16.6. The number of carbonyl (C=O) groups excluding carboxylic acids is 4. The van der Waals surface area contributed by atoms with E-state index >= 15 is 4.39 Å². The summed E-state index contributed by atoms with van der Waals surface area (Å²) in [6.07, 6.45) is 5.53. The zero-order chi connectivity index (χ0) is 40.5. The summed E-state index contributed by atoms with van der Waals surface area (Å²) in [7, 11) is 0. The SMILES string of the molecule is CC1(C)O[C@@H]2C[C@H]3[C@@H]4CCC5=CC(=O)C=C[C@]5(C)[C@@]4(F)[C@@H](O)C[C@]3(C)[C@]2(C(=O)COC(=O)OCc2cccc([C@@H](CN)C(=O)Nc3ccc4cnccc4c3)c2)O1. The van der Waals surface area contributed by atoms with Gasteiger partial charge in [-0.2, -0.15) is 0 Å². The lowest BCUT2D eigenvalue weighted by atomic mass is 9.44. The van der Waals surface area contributed by atoms with Crippen LogP contribution in [0.1, 0.15) is 70.4 Å². The summed E-state index contributed by atoms with van der Waals surface area (Å²) in [6, 6.07) is 14.3. The van der Waals surface area contributed by atoms with Gasteiger partial charge in [0.2, 0.25) is 11.7 Å². The van der Waals surface area contributed by atoms with Gasteiger partial charge in [0, 0.05) is 46.8 Å². The number of aromatic nitrogens is 1. The number of Topliss-reactive ketones (excluding diaryl/α,β-unsaturated/α-hetero) is 1. The maximum absolute atomic E-state index is 17.7.